The Kier molecular flexibility index (Phi) is 6.69. The molecule has 4 aromatic rings. The van der Waals surface area contributed by atoms with Crippen LogP contribution in [0.15, 0.2) is 90.1 Å². The number of nitrogens with one attached hydrogen (secondary N) is 2. The molecule has 0 saturated heterocycles. The van der Waals surface area contributed by atoms with E-state index < -0.39 is 0 Å². The maximum Gasteiger partial charge on any atom is 0.310 e. The highest BCUT2D eigenvalue weighted by Gasteiger charge is 2.15. The van der Waals surface area contributed by atoms with E-state index in [1.807, 2.05) is 49.6 Å². The monoisotopic (exact) mass is 438 g/mol. The minimum atomic E-state index is 0.670. The quantitative estimate of drug-likeness (QED) is 0.386. The third kappa shape index (κ3) is 5.08. The van der Waals surface area contributed by atoms with Crippen LogP contribution >= 0.6 is 11.9 Å². The van der Waals surface area contributed by atoms with Crippen molar-refractivity contribution in [2.24, 2.45) is 0 Å². The molecule has 1 heterocycles. The molecule has 0 unspecified atom stereocenters. The Labute approximate surface area is 192 Å². The van der Waals surface area contributed by atoms with Crippen molar-refractivity contribution in [3.8, 4) is 17.3 Å². The number of nitrogens with zero attached hydrogens (tertiary/aromatic N) is 3. The summed E-state index contributed by atoms with van der Waals surface area (Å²) in [6, 6.07) is 26.5. The highest BCUT2D eigenvalue weighted by molar-refractivity contribution is 8.00. The van der Waals surface area contributed by atoms with Gasteiger partial charge in [0.05, 0.1) is 34.7 Å². The second-order valence-electron chi connectivity index (χ2n) is 7.49. The Balaban J connectivity index is 1.47. The number of aryl methyl sites for hydroxylation is 1. The van der Waals surface area contributed by atoms with E-state index in [2.05, 4.69) is 69.0 Å². The minimum absolute atomic E-state index is 0.670. The van der Waals surface area contributed by atoms with Gasteiger partial charge in [-0.3, -0.25) is 0 Å². The van der Waals surface area contributed by atoms with Crippen LogP contribution in [-0.4, -0.2) is 12.0 Å². The fraction of sp³-hybridized carbons (Fsp3) is 0.115. The third-order valence-electron chi connectivity index (χ3n) is 5.18. The number of rotatable bonds is 7. The summed E-state index contributed by atoms with van der Waals surface area (Å²) in [7, 11) is 2.05. The summed E-state index contributed by atoms with van der Waals surface area (Å²) >= 11 is 1.57. The third-order valence-corrected chi connectivity index (χ3v) is 6.17. The summed E-state index contributed by atoms with van der Waals surface area (Å²) in [6.07, 6.45) is 3.59. The van der Waals surface area contributed by atoms with Crippen molar-refractivity contribution in [3.63, 3.8) is 0 Å². The molecule has 0 aliphatic carbocycles. The van der Waals surface area contributed by atoms with Gasteiger partial charge in [0.15, 0.2) is 5.69 Å². The molecule has 6 heteroatoms. The molecular weight excluding hydrogens is 414 g/mol. The predicted octanol–water partition coefficient (Wildman–Crippen LogP) is 5.50. The van der Waals surface area contributed by atoms with Crippen LogP contribution in [0.1, 0.15) is 16.7 Å². The van der Waals surface area contributed by atoms with Gasteiger partial charge < -0.3 is 4.90 Å². The zero-order valence-corrected chi connectivity index (χ0v) is 18.9. The highest BCUT2D eigenvalue weighted by Crippen LogP contribution is 2.28. The van der Waals surface area contributed by atoms with Gasteiger partial charge in [0.25, 0.3) is 0 Å². The lowest BCUT2D eigenvalue weighted by atomic mass is 10.1. The fourth-order valence-corrected chi connectivity index (χ4v) is 4.11. The number of nitriles is 1. The number of anilines is 2. The van der Waals surface area contributed by atoms with E-state index in [1.54, 1.807) is 18.1 Å². The lowest BCUT2D eigenvalue weighted by Gasteiger charge is -2.19. The average molecular weight is 439 g/mol. The van der Waals surface area contributed by atoms with Crippen LogP contribution in [0.25, 0.3) is 11.3 Å². The lowest BCUT2D eigenvalue weighted by Crippen LogP contribution is -2.16. The van der Waals surface area contributed by atoms with Crippen molar-refractivity contribution in [2.75, 3.05) is 16.7 Å². The first-order valence-electron chi connectivity index (χ1n) is 10.3. The maximum absolute atomic E-state index is 8.97. The van der Waals surface area contributed by atoms with Crippen molar-refractivity contribution in [2.45, 2.75) is 18.4 Å². The van der Waals surface area contributed by atoms with Crippen molar-refractivity contribution < 1.29 is 4.98 Å². The molecule has 0 radical (unpaired) electrons. The average Bonchev–Trinajstić information content (AvgIpc) is 2.84. The van der Waals surface area contributed by atoms with E-state index in [1.165, 1.54) is 16.0 Å². The molecule has 32 heavy (non-hydrogen) atoms. The smallest absolute Gasteiger partial charge is 0.310 e. The zero-order valence-electron chi connectivity index (χ0n) is 18.0. The Hall–Kier alpha value is -3.82. The minimum Gasteiger partial charge on any atom is -0.370 e. The van der Waals surface area contributed by atoms with Gasteiger partial charge in [-0.25, -0.2) is 14.7 Å². The van der Waals surface area contributed by atoms with E-state index in [0.717, 1.165) is 29.3 Å². The number of hydrogen-bond donors (Lipinski definition) is 1. The molecule has 0 saturated carbocycles. The van der Waals surface area contributed by atoms with Crippen molar-refractivity contribution in [3.05, 3.63) is 102 Å². The first kappa shape index (κ1) is 21.4. The van der Waals surface area contributed by atoms with Gasteiger partial charge >= 0.3 is 5.82 Å². The Bertz CT molecular complexity index is 1230. The molecule has 0 aliphatic rings. The second kappa shape index (κ2) is 9.99. The fourth-order valence-electron chi connectivity index (χ4n) is 3.36. The molecule has 0 fully saturated rings. The van der Waals surface area contributed by atoms with Gasteiger partial charge in [-0.1, -0.05) is 42.5 Å². The van der Waals surface area contributed by atoms with E-state index in [4.69, 9.17) is 5.26 Å². The van der Waals surface area contributed by atoms with Gasteiger partial charge in [-0.2, -0.15) is 5.26 Å². The van der Waals surface area contributed by atoms with Crippen LogP contribution in [0.5, 0.6) is 0 Å². The number of H-pyrrole nitrogens is 1. The number of aromatic amines is 1. The summed E-state index contributed by atoms with van der Waals surface area (Å²) in [5.41, 5.74) is 6.09. The Morgan fingerprint density at radius 3 is 2.50 bits per heavy atom. The van der Waals surface area contributed by atoms with Crippen LogP contribution in [-0.2, 0) is 6.54 Å². The maximum atomic E-state index is 8.97. The molecule has 5 nitrogen and oxygen atoms in total. The highest BCUT2D eigenvalue weighted by atomic mass is 32.2. The van der Waals surface area contributed by atoms with E-state index in [9.17, 15) is 0 Å². The predicted molar refractivity (Wildman–Crippen MR) is 130 cm³/mol. The summed E-state index contributed by atoms with van der Waals surface area (Å²) in [6.45, 7) is 2.88. The number of hydrogen-bond acceptors (Lipinski definition) is 5. The molecule has 3 aromatic carbocycles. The molecule has 0 amide bonds. The van der Waals surface area contributed by atoms with E-state index >= 15 is 0 Å². The van der Waals surface area contributed by atoms with Crippen molar-refractivity contribution in [1.29, 1.82) is 5.26 Å². The topological polar surface area (TPSA) is 66.1 Å². The van der Waals surface area contributed by atoms with Crippen LogP contribution in [0.4, 0.5) is 11.5 Å². The molecule has 0 spiro atoms. The number of benzene rings is 3. The molecule has 158 valence electrons. The van der Waals surface area contributed by atoms with Crippen LogP contribution in [0.3, 0.4) is 0 Å². The van der Waals surface area contributed by atoms with Gasteiger partial charge in [0, 0.05) is 24.8 Å². The molecule has 0 atom stereocenters. The zero-order chi connectivity index (χ0) is 22.3. The number of aromatic nitrogens is 2. The van der Waals surface area contributed by atoms with Crippen molar-refractivity contribution in [1.82, 2.24) is 4.98 Å². The van der Waals surface area contributed by atoms with Gasteiger partial charge in [0.2, 0.25) is 0 Å². The largest absolute Gasteiger partial charge is 0.370 e. The summed E-state index contributed by atoms with van der Waals surface area (Å²) in [5.74, 6) is 0.864. The summed E-state index contributed by atoms with van der Waals surface area (Å²) in [5, 5.41) is 8.97. The van der Waals surface area contributed by atoms with E-state index in [0.29, 0.717) is 5.56 Å². The van der Waals surface area contributed by atoms with Gasteiger partial charge in [-0.05, 0) is 48.4 Å². The standard InChI is InChI=1S/C26H23N5S/c1-19-5-3-4-6-24(19)32-30-26-25(28-15-16-29-26)22-11-7-21(8-12-22)18-31(2)23-13-9-20(17-27)10-14-23/h3-16H,18H2,1-2H3,(H,29,30)/p+1. The lowest BCUT2D eigenvalue weighted by molar-refractivity contribution is -0.360. The normalized spacial score (nSPS) is 10.4. The molecule has 0 bridgehead atoms. The van der Waals surface area contributed by atoms with E-state index in [-0.39, 0.29) is 0 Å². The molecule has 4 rings (SSSR count). The van der Waals surface area contributed by atoms with Gasteiger partial charge in [-0.15, -0.1) is 0 Å². The molecule has 2 N–H and O–H groups in total. The first-order chi connectivity index (χ1) is 15.6. The Morgan fingerprint density at radius 1 is 1.03 bits per heavy atom. The Morgan fingerprint density at radius 2 is 1.78 bits per heavy atom. The SMILES string of the molecule is Cc1ccccc1SNc1[nH+]ccnc1-c1ccc(CN(C)c2ccc(C#N)cc2)cc1. The van der Waals surface area contributed by atoms with Crippen LogP contribution in [0, 0.1) is 18.3 Å². The van der Waals surface area contributed by atoms with Crippen LogP contribution < -0.4 is 14.6 Å². The molecule has 1 aromatic heterocycles. The second-order valence-corrected chi connectivity index (χ2v) is 8.34. The first-order valence-corrected chi connectivity index (χ1v) is 11.1. The summed E-state index contributed by atoms with van der Waals surface area (Å²) < 4.78 is 3.41. The van der Waals surface area contributed by atoms with Gasteiger partial charge in [0.1, 0.15) is 6.20 Å². The summed E-state index contributed by atoms with van der Waals surface area (Å²) in [4.78, 5) is 11.2. The van der Waals surface area contributed by atoms with Crippen LogP contribution in [0.2, 0.25) is 0 Å². The van der Waals surface area contributed by atoms with Crippen molar-refractivity contribution >= 4 is 23.5 Å². The molecular formula is C26H24N5S+. The molecule has 0 aliphatic heterocycles.